The molecular formula is C20H33IN4O. The monoisotopic (exact) mass is 472 g/mol. The number of nitrogens with zero attached hydrogens (tertiary/aromatic N) is 2. The molecule has 0 aliphatic rings. The Kier molecular flexibility index (Phi) is 13.7. The van der Waals surface area contributed by atoms with Gasteiger partial charge in [-0.3, -0.25) is 9.79 Å². The molecule has 0 saturated heterocycles. The number of amides is 1. The Morgan fingerprint density at radius 3 is 2.73 bits per heavy atom. The van der Waals surface area contributed by atoms with Crippen molar-refractivity contribution in [2.45, 2.75) is 32.1 Å². The van der Waals surface area contributed by atoms with E-state index in [1.807, 2.05) is 37.4 Å². The smallest absolute Gasteiger partial charge is 0.251 e. The first-order valence-electron chi connectivity index (χ1n) is 8.96. The van der Waals surface area contributed by atoms with Gasteiger partial charge in [0.2, 0.25) is 0 Å². The number of hydrogen-bond acceptors (Lipinski definition) is 2. The van der Waals surface area contributed by atoms with Crippen LogP contribution in [0.3, 0.4) is 0 Å². The summed E-state index contributed by atoms with van der Waals surface area (Å²) >= 11 is 0. The van der Waals surface area contributed by atoms with E-state index >= 15 is 0 Å². The number of benzene rings is 1. The largest absolute Gasteiger partial charge is 0.356 e. The molecule has 0 unspecified atom stereocenters. The highest BCUT2D eigenvalue weighted by Crippen LogP contribution is 2.06. The lowest BCUT2D eigenvalue weighted by Crippen LogP contribution is -2.40. The second-order valence-electron chi connectivity index (χ2n) is 6.06. The third-order valence-corrected chi connectivity index (χ3v) is 4.09. The molecule has 0 radical (unpaired) electrons. The summed E-state index contributed by atoms with van der Waals surface area (Å²) < 4.78 is 0. The normalized spacial score (nSPS) is 10.7. The van der Waals surface area contributed by atoms with Crippen LogP contribution in [0.5, 0.6) is 0 Å². The van der Waals surface area contributed by atoms with Crippen molar-refractivity contribution in [2.24, 2.45) is 4.99 Å². The number of carbonyl (C=O) groups is 1. The third kappa shape index (κ3) is 9.22. The molecule has 0 aromatic heterocycles. The molecule has 0 bridgehead atoms. The maximum atomic E-state index is 11.7. The van der Waals surface area contributed by atoms with Gasteiger partial charge >= 0.3 is 0 Å². The topological polar surface area (TPSA) is 56.7 Å². The lowest BCUT2D eigenvalue weighted by molar-refractivity contribution is 0.0963. The molecule has 26 heavy (non-hydrogen) atoms. The van der Waals surface area contributed by atoms with E-state index in [4.69, 9.17) is 0 Å². The summed E-state index contributed by atoms with van der Waals surface area (Å²) in [6, 6.07) is 7.73. The van der Waals surface area contributed by atoms with Crippen LogP contribution in [0.1, 0.15) is 41.6 Å². The number of nitrogens with one attached hydrogen (secondary N) is 2. The molecule has 146 valence electrons. The SMILES string of the molecule is C=CCCCCCN(C)C(=NC)NCCc1cccc(C(=O)NC)c1.I. The fourth-order valence-electron chi connectivity index (χ4n) is 2.64. The number of unbranched alkanes of at least 4 members (excludes halogenated alkanes) is 3. The predicted octanol–water partition coefficient (Wildman–Crippen LogP) is 3.46. The number of aliphatic imine (C=N–C) groups is 1. The third-order valence-electron chi connectivity index (χ3n) is 4.09. The summed E-state index contributed by atoms with van der Waals surface area (Å²) in [6.45, 7) is 5.52. The van der Waals surface area contributed by atoms with Crippen LogP contribution in [0.4, 0.5) is 0 Å². The van der Waals surface area contributed by atoms with Gasteiger partial charge in [-0.15, -0.1) is 30.6 Å². The van der Waals surface area contributed by atoms with Crippen LogP contribution < -0.4 is 10.6 Å². The van der Waals surface area contributed by atoms with Crippen molar-refractivity contribution in [2.75, 3.05) is 34.2 Å². The van der Waals surface area contributed by atoms with E-state index in [1.54, 1.807) is 7.05 Å². The van der Waals surface area contributed by atoms with E-state index in [9.17, 15) is 4.79 Å². The molecule has 0 spiro atoms. The fraction of sp³-hybridized carbons (Fsp3) is 0.500. The summed E-state index contributed by atoms with van der Waals surface area (Å²) in [5.41, 5.74) is 1.83. The van der Waals surface area contributed by atoms with Crippen LogP contribution in [0.2, 0.25) is 0 Å². The van der Waals surface area contributed by atoms with Crippen LogP contribution in [0, 0.1) is 0 Å². The second-order valence-corrected chi connectivity index (χ2v) is 6.06. The van der Waals surface area contributed by atoms with Crippen molar-refractivity contribution in [1.82, 2.24) is 15.5 Å². The summed E-state index contributed by atoms with van der Waals surface area (Å²) in [5, 5.41) is 6.04. The molecular weight excluding hydrogens is 439 g/mol. The lowest BCUT2D eigenvalue weighted by Gasteiger charge is -2.22. The molecule has 0 saturated carbocycles. The summed E-state index contributed by atoms with van der Waals surface area (Å²) in [7, 11) is 5.52. The minimum absolute atomic E-state index is 0. The van der Waals surface area contributed by atoms with Crippen molar-refractivity contribution < 1.29 is 4.79 Å². The zero-order valence-corrected chi connectivity index (χ0v) is 18.6. The number of rotatable bonds is 10. The van der Waals surface area contributed by atoms with Crippen LogP contribution >= 0.6 is 24.0 Å². The Morgan fingerprint density at radius 2 is 2.08 bits per heavy atom. The van der Waals surface area contributed by atoms with Gasteiger partial charge in [-0.1, -0.05) is 24.6 Å². The van der Waals surface area contributed by atoms with Crippen LogP contribution in [-0.2, 0) is 6.42 Å². The Balaban J connectivity index is 0.00000625. The molecule has 5 nitrogen and oxygen atoms in total. The van der Waals surface area contributed by atoms with Gasteiger partial charge in [-0.05, 0) is 43.4 Å². The predicted molar refractivity (Wildman–Crippen MR) is 122 cm³/mol. The summed E-state index contributed by atoms with van der Waals surface area (Å²) in [4.78, 5) is 18.2. The molecule has 1 aromatic rings. The van der Waals surface area contributed by atoms with Crippen molar-refractivity contribution >= 4 is 35.8 Å². The van der Waals surface area contributed by atoms with E-state index < -0.39 is 0 Å². The molecule has 2 N–H and O–H groups in total. The summed E-state index contributed by atoms with van der Waals surface area (Å²) in [5.74, 6) is 0.855. The first kappa shape index (κ1) is 24.4. The lowest BCUT2D eigenvalue weighted by atomic mass is 10.1. The van der Waals surface area contributed by atoms with Crippen molar-refractivity contribution in [3.05, 3.63) is 48.0 Å². The Bertz CT molecular complexity index is 575. The second kappa shape index (κ2) is 14.6. The average molecular weight is 472 g/mol. The van der Waals surface area contributed by atoms with E-state index in [2.05, 4.69) is 34.2 Å². The highest BCUT2D eigenvalue weighted by atomic mass is 127. The number of allylic oxidation sites excluding steroid dienone is 1. The Labute approximate surface area is 175 Å². The zero-order valence-electron chi connectivity index (χ0n) is 16.3. The molecule has 0 aliphatic carbocycles. The highest BCUT2D eigenvalue weighted by molar-refractivity contribution is 14.0. The summed E-state index contributed by atoms with van der Waals surface area (Å²) in [6.07, 6.45) is 7.47. The fourth-order valence-corrected chi connectivity index (χ4v) is 2.64. The van der Waals surface area contributed by atoms with Crippen LogP contribution in [0.15, 0.2) is 41.9 Å². The Morgan fingerprint density at radius 1 is 1.31 bits per heavy atom. The van der Waals surface area contributed by atoms with E-state index in [0.717, 1.165) is 43.9 Å². The van der Waals surface area contributed by atoms with Gasteiger partial charge in [-0.25, -0.2) is 0 Å². The standard InChI is InChI=1S/C20H32N4O.HI/c1-5-6-7-8-9-15-24(4)20(22-3)23-14-13-17-11-10-12-18(16-17)19(25)21-2;/h5,10-12,16H,1,6-9,13-15H2,2-4H3,(H,21,25)(H,22,23);1H. The molecule has 1 rings (SSSR count). The highest BCUT2D eigenvalue weighted by Gasteiger charge is 2.06. The van der Waals surface area contributed by atoms with Gasteiger partial charge in [0.25, 0.3) is 5.91 Å². The quantitative estimate of drug-likeness (QED) is 0.180. The van der Waals surface area contributed by atoms with Crippen LogP contribution in [0.25, 0.3) is 0 Å². The molecule has 0 aliphatic heterocycles. The van der Waals surface area contributed by atoms with Gasteiger partial charge in [0, 0.05) is 39.8 Å². The van der Waals surface area contributed by atoms with Crippen molar-refractivity contribution in [1.29, 1.82) is 0 Å². The maximum absolute atomic E-state index is 11.7. The first-order chi connectivity index (χ1) is 12.1. The van der Waals surface area contributed by atoms with Gasteiger partial charge in [0.05, 0.1) is 0 Å². The number of carbonyl (C=O) groups excluding carboxylic acids is 1. The van der Waals surface area contributed by atoms with Gasteiger partial charge in [-0.2, -0.15) is 0 Å². The van der Waals surface area contributed by atoms with Crippen LogP contribution in [-0.4, -0.2) is 51.0 Å². The molecule has 0 fully saturated rings. The first-order valence-corrected chi connectivity index (χ1v) is 8.96. The van der Waals surface area contributed by atoms with Crippen molar-refractivity contribution in [3.8, 4) is 0 Å². The van der Waals surface area contributed by atoms with E-state index in [-0.39, 0.29) is 29.9 Å². The van der Waals surface area contributed by atoms with Crippen molar-refractivity contribution in [3.63, 3.8) is 0 Å². The van der Waals surface area contributed by atoms with Gasteiger partial charge in [0.15, 0.2) is 5.96 Å². The Hall–Kier alpha value is -1.57. The van der Waals surface area contributed by atoms with Gasteiger partial charge < -0.3 is 15.5 Å². The number of halogens is 1. The molecule has 0 atom stereocenters. The minimum Gasteiger partial charge on any atom is -0.356 e. The van der Waals surface area contributed by atoms with Gasteiger partial charge in [0.1, 0.15) is 0 Å². The molecule has 6 heteroatoms. The zero-order chi connectivity index (χ0) is 18.5. The van der Waals surface area contributed by atoms with E-state index in [1.165, 1.54) is 12.8 Å². The molecule has 1 aromatic carbocycles. The molecule has 1 amide bonds. The number of hydrogen-bond donors (Lipinski definition) is 2. The van der Waals surface area contributed by atoms with E-state index in [0.29, 0.717) is 5.56 Å². The maximum Gasteiger partial charge on any atom is 0.251 e. The number of guanidine groups is 1. The minimum atomic E-state index is -0.0539. The average Bonchev–Trinajstić information content (AvgIpc) is 2.64. The molecule has 0 heterocycles.